The summed E-state index contributed by atoms with van der Waals surface area (Å²) in [6, 6.07) is -0.257. The molecule has 0 aromatic carbocycles. The number of H-pyrrole nitrogens is 1. The van der Waals surface area contributed by atoms with Crippen LogP contribution >= 0.6 is 22.6 Å². The van der Waals surface area contributed by atoms with Gasteiger partial charge >= 0.3 is 0 Å². The van der Waals surface area contributed by atoms with E-state index in [-0.39, 0.29) is 11.9 Å². The molecule has 0 aliphatic rings. The molecule has 0 aliphatic heterocycles. The second-order valence-corrected chi connectivity index (χ2v) is 2.28. The molecule has 0 fully saturated rings. The zero-order valence-corrected chi connectivity index (χ0v) is 5.88. The van der Waals surface area contributed by atoms with Crippen LogP contribution in [0.2, 0.25) is 0 Å². The molecule has 1 heterocycles. The minimum atomic E-state index is -0.257. The molecule has 0 unspecified atom stereocenters. The number of rotatable bonds is 0. The van der Waals surface area contributed by atoms with Gasteiger partial charge in [0, 0.05) is 0 Å². The van der Waals surface area contributed by atoms with Gasteiger partial charge in [0.25, 0.3) is 6.01 Å². The number of aromatic amines is 1. The molecule has 0 bridgehead atoms. The summed E-state index contributed by atoms with van der Waals surface area (Å²) in [7, 11) is 0. The highest BCUT2D eigenvalue weighted by Gasteiger charge is 2.01. The lowest BCUT2D eigenvalue weighted by atomic mass is 10.9. The Bertz CT molecular complexity index is 178. The first-order valence-electron chi connectivity index (χ1n) is 1.83. The van der Waals surface area contributed by atoms with Crippen LogP contribution in [0.25, 0.3) is 0 Å². The summed E-state index contributed by atoms with van der Waals surface area (Å²) in [4.78, 5) is 5.65. The van der Waals surface area contributed by atoms with Crippen LogP contribution in [0.1, 0.15) is 0 Å². The van der Waals surface area contributed by atoms with E-state index in [1.807, 2.05) is 22.6 Å². The Labute approximate surface area is 58.7 Å². The maximum absolute atomic E-state index is 8.63. The van der Waals surface area contributed by atoms with Crippen LogP contribution in [0, 0.1) is 3.70 Å². The molecule has 0 aliphatic carbocycles. The first-order valence-corrected chi connectivity index (χ1v) is 2.91. The van der Waals surface area contributed by atoms with Gasteiger partial charge < -0.3 is 10.2 Å². The van der Waals surface area contributed by atoms with Crippen molar-refractivity contribution in [3.63, 3.8) is 0 Å². The maximum atomic E-state index is 8.63. The van der Waals surface area contributed by atoms with Crippen LogP contribution < -0.4 is 0 Å². The van der Waals surface area contributed by atoms with Gasteiger partial charge in [-0.1, -0.05) is 0 Å². The first-order chi connectivity index (χ1) is 3.70. The highest BCUT2D eigenvalue weighted by atomic mass is 127. The third-order valence-corrected chi connectivity index (χ3v) is 1.38. The smallest absolute Gasteiger partial charge is 0.295 e. The van der Waals surface area contributed by atoms with Crippen molar-refractivity contribution in [3.05, 3.63) is 3.70 Å². The molecule has 4 nitrogen and oxygen atoms in total. The van der Waals surface area contributed by atoms with Crippen LogP contribution in [-0.4, -0.2) is 20.2 Å². The average Bonchev–Trinajstić information content (AvgIpc) is 1.85. The molecule has 0 saturated heterocycles. The van der Waals surface area contributed by atoms with Crippen molar-refractivity contribution >= 4 is 22.6 Å². The van der Waals surface area contributed by atoms with Gasteiger partial charge in [0.05, 0.1) is 0 Å². The van der Waals surface area contributed by atoms with E-state index in [9.17, 15) is 0 Å². The summed E-state index contributed by atoms with van der Waals surface area (Å²) in [6.07, 6.45) is 0. The minimum Gasteiger partial charge on any atom is -0.491 e. The number of nitrogens with one attached hydrogen (secondary N) is 1. The molecular weight excluding hydrogens is 223 g/mol. The Morgan fingerprint density at radius 1 is 1.50 bits per heavy atom. The molecule has 0 saturated carbocycles. The zero-order chi connectivity index (χ0) is 6.15. The Kier molecular flexibility index (Phi) is 1.28. The molecule has 0 radical (unpaired) electrons. The predicted octanol–water partition coefficient (Wildman–Crippen LogP) is 0.425. The van der Waals surface area contributed by atoms with E-state index in [0.717, 1.165) is 0 Å². The van der Waals surface area contributed by atoms with Gasteiger partial charge in [0.2, 0.25) is 5.88 Å². The van der Waals surface area contributed by atoms with E-state index < -0.39 is 0 Å². The van der Waals surface area contributed by atoms with Crippen molar-refractivity contribution < 1.29 is 10.2 Å². The third-order valence-electron chi connectivity index (χ3n) is 0.630. The Morgan fingerprint density at radius 2 is 2.12 bits per heavy atom. The van der Waals surface area contributed by atoms with Crippen molar-refractivity contribution in [3.8, 4) is 11.9 Å². The lowest BCUT2D eigenvalue weighted by molar-refractivity contribution is 0.417. The molecule has 1 aromatic heterocycles. The summed E-state index contributed by atoms with van der Waals surface area (Å²) in [5.74, 6) is -0.164. The SMILES string of the molecule is Oc1nc(O)c(I)[nH]1. The monoisotopic (exact) mass is 226 g/mol. The van der Waals surface area contributed by atoms with E-state index >= 15 is 0 Å². The number of imidazole rings is 1. The molecule has 0 spiro atoms. The lowest BCUT2D eigenvalue weighted by Gasteiger charge is -1.75. The summed E-state index contributed by atoms with van der Waals surface area (Å²) in [5, 5.41) is 17.1. The van der Waals surface area contributed by atoms with Crippen LogP contribution in [0.15, 0.2) is 0 Å². The number of hydrogen-bond acceptors (Lipinski definition) is 3. The second-order valence-electron chi connectivity index (χ2n) is 1.20. The van der Waals surface area contributed by atoms with E-state index in [1.165, 1.54) is 0 Å². The Hall–Kier alpha value is -0.460. The number of halogens is 1. The van der Waals surface area contributed by atoms with Gasteiger partial charge in [-0.3, -0.25) is 4.98 Å². The van der Waals surface area contributed by atoms with Crippen LogP contribution in [0.3, 0.4) is 0 Å². The van der Waals surface area contributed by atoms with Crippen molar-refractivity contribution in [1.29, 1.82) is 0 Å². The summed E-state index contributed by atoms with van der Waals surface area (Å²) in [6.45, 7) is 0. The molecule has 44 valence electrons. The largest absolute Gasteiger partial charge is 0.491 e. The number of nitrogens with zero attached hydrogens (tertiary/aromatic N) is 1. The van der Waals surface area contributed by atoms with Crippen LogP contribution in [-0.2, 0) is 0 Å². The van der Waals surface area contributed by atoms with Gasteiger partial charge in [0.15, 0.2) is 0 Å². The molecule has 0 amide bonds. The predicted molar refractivity (Wildman–Crippen MR) is 34.6 cm³/mol. The Balaban J connectivity index is 3.14. The molecule has 0 atom stereocenters. The quantitative estimate of drug-likeness (QED) is 0.561. The zero-order valence-electron chi connectivity index (χ0n) is 3.72. The fraction of sp³-hybridized carbons (Fsp3) is 0. The van der Waals surface area contributed by atoms with Crippen molar-refractivity contribution in [2.24, 2.45) is 0 Å². The fourth-order valence-corrected chi connectivity index (χ4v) is 0.693. The Morgan fingerprint density at radius 3 is 2.25 bits per heavy atom. The minimum absolute atomic E-state index is 0.164. The lowest BCUT2D eigenvalue weighted by Crippen LogP contribution is -1.64. The van der Waals surface area contributed by atoms with Crippen molar-refractivity contribution in [2.45, 2.75) is 0 Å². The van der Waals surface area contributed by atoms with Gasteiger partial charge in [-0.2, -0.15) is 4.98 Å². The average molecular weight is 226 g/mol. The van der Waals surface area contributed by atoms with Gasteiger partial charge in [0.1, 0.15) is 3.70 Å². The highest BCUT2D eigenvalue weighted by Crippen LogP contribution is 2.17. The van der Waals surface area contributed by atoms with E-state index in [1.54, 1.807) is 0 Å². The van der Waals surface area contributed by atoms with E-state index in [0.29, 0.717) is 3.70 Å². The molecule has 1 rings (SSSR count). The molecule has 5 heteroatoms. The molecule has 3 N–H and O–H groups in total. The molecule has 1 aromatic rings. The highest BCUT2D eigenvalue weighted by molar-refractivity contribution is 14.1. The first kappa shape index (κ1) is 5.67. The summed E-state index contributed by atoms with van der Waals surface area (Å²) < 4.78 is 0.445. The topological polar surface area (TPSA) is 69.1 Å². The van der Waals surface area contributed by atoms with Crippen LogP contribution in [0.4, 0.5) is 0 Å². The van der Waals surface area contributed by atoms with Crippen LogP contribution in [0.5, 0.6) is 11.9 Å². The van der Waals surface area contributed by atoms with E-state index in [2.05, 4.69) is 9.97 Å². The third kappa shape index (κ3) is 0.857. The van der Waals surface area contributed by atoms with E-state index in [4.69, 9.17) is 10.2 Å². The van der Waals surface area contributed by atoms with Crippen molar-refractivity contribution in [1.82, 2.24) is 9.97 Å². The number of aromatic hydroxyl groups is 2. The number of hydrogen-bond donors (Lipinski definition) is 3. The maximum Gasteiger partial charge on any atom is 0.295 e. The van der Waals surface area contributed by atoms with Gasteiger partial charge in [-0.25, -0.2) is 0 Å². The molecule has 8 heavy (non-hydrogen) atoms. The fourth-order valence-electron chi connectivity index (χ4n) is 0.331. The summed E-state index contributed by atoms with van der Waals surface area (Å²) >= 11 is 1.82. The second kappa shape index (κ2) is 1.81. The van der Waals surface area contributed by atoms with Crippen molar-refractivity contribution in [2.75, 3.05) is 0 Å². The van der Waals surface area contributed by atoms with Gasteiger partial charge in [-0.15, -0.1) is 0 Å². The molecular formula is C3H3IN2O2. The summed E-state index contributed by atoms with van der Waals surface area (Å²) in [5.41, 5.74) is 0. The number of aromatic nitrogens is 2. The normalized spacial score (nSPS) is 9.62. The van der Waals surface area contributed by atoms with Gasteiger partial charge in [-0.05, 0) is 22.6 Å². The standard InChI is InChI=1S/C3H3IN2O2/c4-1-2(7)6-3(8)5-1/h7H,(H2,5,6,8).